The van der Waals surface area contributed by atoms with Gasteiger partial charge in [-0.3, -0.25) is 4.79 Å². The van der Waals surface area contributed by atoms with Gasteiger partial charge in [0, 0.05) is 5.56 Å². The van der Waals surface area contributed by atoms with E-state index in [1.807, 2.05) is 0 Å². The van der Waals surface area contributed by atoms with Crippen LogP contribution in [0.4, 0.5) is 0 Å². The van der Waals surface area contributed by atoms with Crippen LogP contribution in [-0.2, 0) is 0 Å². The quantitative estimate of drug-likeness (QED) is 0.457. The Morgan fingerprint density at radius 3 is 2.58 bits per heavy atom. The van der Waals surface area contributed by atoms with Crippen LogP contribution in [0.3, 0.4) is 0 Å². The molecule has 0 spiro atoms. The fourth-order valence-electron chi connectivity index (χ4n) is 0.947. The third kappa shape index (κ3) is 1.72. The van der Waals surface area contributed by atoms with Gasteiger partial charge in [-0.25, -0.2) is 0 Å². The van der Waals surface area contributed by atoms with Crippen molar-refractivity contribution in [2.45, 2.75) is 6.92 Å². The van der Waals surface area contributed by atoms with E-state index >= 15 is 0 Å². The van der Waals surface area contributed by atoms with Crippen molar-refractivity contribution in [1.29, 1.82) is 0 Å². The average Bonchev–Trinajstić information content (AvgIpc) is 2.05. The fraction of sp³-hybridized carbons (Fsp3) is 0.125. The second-order valence-electron chi connectivity index (χ2n) is 2.61. The lowest BCUT2D eigenvalue weighted by Crippen LogP contribution is -2.30. The second kappa shape index (κ2) is 3.52. The molecular weight excluding hydrogens is 155 g/mol. The normalized spacial score (nSPS) is 9.58. The van der Waals surface area contributed by atoms with Crippen LogP contribution in [0.5, 0.6) is 0 Å². The van der Waals surface area contributed by atoms with Gasteiger partial charge in [0.15, 0.2) is 0 Å². The summed E-state index contributed by atoms with van der Waals surface area (Å²) in [5.41, 5.74) is 1.65. The van der Waals surface area contributed by atoms with E-state index in [4.69, 9.17) is 10.0 Å². The van der Waals surface area contributed by atoms with Gasteiger partial charge in [-0.1, -0.05) is 18.2 Å². The number of aldehydes is 1. The lowest BCUT2D eigenvalue weighted by molar-refractivity contribution is 0.112. The molecule has 0 aliphatic rings. The van der Waals surface area contributed by atoms with Gasteiger partial charge in [0.05, 0.1) is 0 Å². The SMILES string of the molecule is Cc1ccc(B(O)O)cc1C=O. The predicted molar refractivity (Wildman–Crippen MR) is 46.4 cm³/mol. The molecule has 0 heterocycles. The molecule has 1 rings (SSSR count). The van der Waals surface area contributed by atoms with Crippen LogP contribution < -0.4 is 5.46 Å². The number of hydrogen-bond donors (Lipinski definition) is 2. The average molecular weight is 164 g/mol. The highest BCUT2D eigenvalue weighted by molar-refractivity contribution is 6.58. The van der Waals surface area contributed by atoms with Crippen molar-refractivity contribution in [1.82, 2.24) is 0 Å². The first-order chi connectivity index (χ1) is 5.65. The molecule has 0 aliphatic heterocycles. The zero-order valence-corrected chi connectivity index (χ0v) is 6.69. The number of carbonyl (C=O) groups is 1. The van der Waals surface area contributed by atoms with Crippen LogP contribution in [0.2, 0.25) is 0 Å². The summed E-state index contributed by atoms with van der Waals surface area (Å²) in [6, 6.07) is 4.72. The van der Waals surface area contributed by atoms with Crippen molar-refractivity contribution in [2.24, 2.45) is 0 Å². The summed E-state index contributed by atoms with van der Waals surface area (Å²) >= 11 is 0. The minimum absolute atomic E-state index is 0.336. The van der Waals surface area contributed by atoms with E-state index in [-0.39, 0.29) is 0 Å². The van der Waals surface area contributed by atoms with Crippen LogP contribution in [0.15, 0.2) is 18.2 Å². The van der Waals surface area contributed by atoms with Crippen LogP contribution in [-0.4, -0.2) is 23.5 Å². The molecule has 1 aromatic carbocycles. The van der Waals surface area contributed by atoms with E-state index in [1.165, 1.54) is 6.07 Å². The number of benzene rings is 1. The maximum atomic E-state index is 10.4. The Labute approximate surface area is 70.8 Å². The summed E-state index contributed by atoms with van der Waals surface area (Å²) in [6.45, 7) is 1.79. The Balaban J connectivity index is 3.13. The van der Waals surface area contributed by atoms with Gasteiger partial charge < -0.3 is 10.0 Å². The van der Waals surface area contributed by atoms with E-state index in [2.05, 4.69) is 0 Å². The minimum Gasteiger partial charge on any atom is -0.423 e. The molecule has 0 aromatic heterocycles. The minimum atomic E-state index is -1.51. The Kier molecular flexibility index (Phi) is 2.63. The molecule has 62 valence electrons. The first-order valence-corrected chi connectivity index (χ1v) is 3.57. The maximum absolute atomic E-state index is 10.4. The lowest BCUT2D eigenvalue weighted by Gasteiger charge is -2.02. The molecule has 0 radical (unpaired) electrons. The number of hydrogen-bond acceptors (Lipinski definition) is 3. The summed E-state index contributed by atoms with van der Waals surface area (Å²) in [7, 11) is -1.51. The van der Waals surface area contributed by atoms with Crippen molar-refractivity contribution in [3.05, 3.63) is 29.3 Å². The van der Waals surface area contributed by atoms with Gasteiger partial charge >= 0.3 is 7.12 Å². The molecule has 2 N–H and O–H groups in total. The molecule has 12 heavy (non-hydrogen) atoms. The smallest absolute Gasteiger partial charge is 0.423 e. The number of aryl methyl sites for hydroxylation is 1. The summed E-state index contributed by atoms with van der Waals surface area (Å²) in [5.74, 6) is 0. The summed E-state index contributed by atoms with van der Waals surface area (Å²) in [5, 5.41) is 17.5. The topological polar surface area (TPSA) is 57.5 Å². The first kappa shape index (κ1) is 8.97. The summed E-state index contributed by atoms with van der Waals surface area (Å²) in [4.78, 5) is 10.4. The second-order valence-corrected chi connectivity index (χ2v) is 2.61. The Bertz CT molecular complexity index is 296. The number of rotatable bonds is 2. The monoisotopic (exact) mass is 164 g/mol. The fourth-order valence-corrected chi connectivity index (χ4v) is 0.947. The molecule has 4 heteroatoms. The van der Waals surface area contributed by atoms with Crippen LogP contribution in [0, 0.1) is 6.92 Å². The van der Waals surface area contributed by atoms with Gasteiger partial charge in [-0.05, 0) is 17.9 Å². The van der Waals surface area contributed by atoms with Crippen LogP contribution in [0.25, 0.3) is 0 Å². The zero-order chi connectivity index (χ0) is 9.14. The molecular formula is C8H9BO3. The highest BCUT2D eigenvalue weighted by Gasteiger charge is 2.11. The van der Waals surface area contributed by atoms with Gasteiger partial charge in [-0.15, -0.1) is 0 Å². The number of carbonyl (C=O) groups excluding carboxylic acids is 1. The van der Waals surface area contributed by atoms with E-state index < -0.39 is 7.12 Å². The molecule has 0 saturated carbocycles. The van der Waals surface area contributed by atoms with Gasteiger partial charge in [-0.2, -0.15) is 0 Å². The Morgan fingerprint density at radius 1 is 1.42 bits per heavy atom. The van der Waals surface area contributed by atoms with E-state index in [0.29, 0.717) is 17.3 Å². The highest BCUT2D eigenvalue weighted by Crippen LogP contribution is 2.01. The van der Waals surface area contributed by atoms with Crippen LogP contribution in [0.1, 0.15) is 15.9 Å². The lowest BCUT2D eigenvalue weighted by atomic mass is 9.79. The van der Waals surface area contributed by atoms with Gasteiger partial charge in [0.25, 0.3) is 0 Å². The maximum Gasteiger partial charge on any atom is 0.488 e. The summed E-state index contributed by atoms with van der Waals surface area (Å²) in [6.07, 6.45) is 0.696. The van der Waals surface area contributed by atoms with E-state index in [1.54, 1.807) is 19.1 Å². The van der Waals surface area contributed by atoms with Crippen molar-refractivity contribution in [2.75, 3.05) is 0 Å². The molecule has 1 aromatic rings. The van der Waals surface area contributed by atoms with Crippen molar-refractivity contribution in [3.8, 4) is 0 Å². The molecule has 0 saturated heterocycles. The molecule has 0 aliphatic carbocycles. The van der Waals surface area contributed by atoms with E-state index in [9.17, 15) is 4.79 Å². The predicted octanol–water partition coefficient (Wildman–Crippen LogP) is -0.513. The van der Waals surface area contributed by atoms with Crippen molar-refractivity contribution < 1.29 is 14.8 Å². The van der Waals surface area contributed by atoms with Crippen LogP contribution >= 0.6 is 0 Å². The largest absolute Gasteiger partial charge is 0.488 e. The third-order valence-corrected chi connectivity index (χ3v) is 1.73. The zero-order valence-electron chi connectivity index (χ0n) is 6.69. The van der Waals surface area contributed by atoms with E-state index in [0.717, 1.165) is 5.56 Å². The third-order valence-electron chi connectivity index (χ3n) is 1.73. The van der Waals surface area contributed by atoms with Gasteiger partial charge in [0.2, 0.25) is 0 Å². The summed E-state index contributed by atoms with van der Waals surface area (Å²) < 4.78 is 0. The Morgan fingerprint density at radius 2 is 2.08 bits per heavy atom. The molecule has 0 amide bonds. The van der Waals surface area contributed by atoms with Crippen molar-refractivity contribution in [3.63, 3.8) is 0 Å². The molecule has 0 atom stereocenters. The van der Waals surface area contributed by atoms with Gasteiger partial charge in [0.1, 0.15) is 6.29 Å². The van der Waals surface area contributed by atoms with Crippen molar-refractivity contribution >= 4 is 18.9 Å². The first-order valence-electron chi connectivity index (χ1n) is 3.57. The molecule has 0 fully saturated rings. The Hall–Kier alpha value is -1.13. The molecule has 0 bridgehead atoms. The molecule has 3 nitrogen and oxygen atoms in total. The standard InChI is InChI=1S/C8H9BO3/c1-6-2-3-8(9(11)12)4-7(6)5-10/h2-5,11-12H,1H3. The molecule has 0 unspecified atom stereocenters. The highest BCUT2D eigenvalue weighted by atomic mass is 16.4.